The highest BCUT2D eigenvalue weighted by atomic mass is 79.9. The van der Waals surface area contributed by atoms with Crippen molar-refractivity contribution in [2.24, 2.45) is 0 Å². The lowest BCUT2D eigenvalue weighted by Crippen LogP contribution is -2.27. The van der Waals surface area contributed by atoms with E-state index in [1.807, 2.05) is 0 Å². The number of halogens is 1. The average molecular weight is 342 g/mol. The van der Waals surface area contributed by atoms with Gasteiger partial charge in [-0.1, -0.05) is 0 Å². The number of hydrogen-bond donors (Lipinski definition) is 0. The maximum Gasteiger partial charge on any atom is 0.435 e. The van der Waals surface area contributed by atoms with Crippen LogP contribution in [0.4, 0.5) is 10.5 Å². The Morgan fingerprint density at radius 1 is 1.45 bits per heavy atom. The average Bonchev–Trinajstić information content (AvgIpc) is 2.67. The van der Waals surface area contributed by atoms with Crippen LogP contribution in [0.25, 0.3) is 10.9 Å². The number of nitrogens with zero attached hydrogens (tertiary/aromatic N) is 3. The summed E-state index contributed by atoms with van der Waals surface area (Å²) in [4.78, 5) is 22.4. The summed E-state index contributed by atoms with van der Waals surface area (Å²) in [5.74, 6) is 0. The smallest absolute Gasteiger partial charge is 0.435 e. The van der Waals surface area contributed by atoms with Gasteiger partial charge in [0.2, 0.25) is 0 Å². The summed E-state index contributed by atoms with van der Waals surface area (Å²) in [6.07, 6.45) is 0.775. The van der Waals surface area contributed by atoms with Crippen LogP contribution < -0.4 is 0 Å². The Kier molecular flexibility index (Phi) is 3.51. The molecule has 0 fully saturated rings. The molecule has 8 heteroatoms. The van der Waals surface area contributed by atoms with Crippen LogP contribution in [0.1, 0.15) is 20.8 Å². The minimum absolute atomic E-state index is 0.136. The molecule has 0 N–H and O–H groups in total. The standard InChI is InChI=1S/C12H12BrN3O4/c1-12(2,3)20-11(17)15-9-5-10(16(18)19)8(13)4-7(9)6-14-15/h4-6H,1-3H3. The summed E-state index contributed by atoms with van der Waals surface area (Å²) in [7, 11) is 0. The summed E-state index contributed by atoms with van der Waals surface area (Å²) >= 11 is 3.12. The Hall–Kier alpha value is -1.96. The van der Waals surface area contributed by atoms with Crippen LogP contribution in [0.3, 0.4) is 0 Å². The molecule has 0 aliphatic heterocycles. The number of hydrogen-bond acceptors (Lipinski definition) is 5. The Morgan fingerprint density at radius 3 is 2.65 bits per heavy atom. The topological polar surface area (TPSA) is 87.3 Å². The zero-order valence-electron chi connectivity index (χ0n) is 11.1. The molecule has 0 amide bonds. The zero-order chi connectivity index (χ0) is 15.1. The van der Waals surface area contributed by atoms with Gasteiger partial charge < -0.3 is 4.74 Å². The molecular weight excluding hydrogens is 330 g/mol. The van der Waals surface area contributed by atoms with E-state index in [9.17, 15) is 14.9 Å². The molecule has 0 spiro atoms. The molecule has 7 nitrogen and oxygen atoms in total. The molecule has 0 atom stereocenters. The quantitative estimate of drug-likeness (QED) is 0.585. The van der Waals surface area contributed by atoms with E-state index in [1.165, 1.54) is 12.3 Å². The number of ether oxygens (including phenoxy) is 1. The van der Waals surface area contributed by atoms with E-state index >= 15 is 0 Å². The van der Waals surface area contributed by atoms with E-state index in [1.54, 1.807) is 26.8 Å². The van der Waals surface area contributed by atoms with Gasteiger partial charge in [0.1, 0.15) is 5.60 Å². The Morgan fingerprint density at radius 2 is 2.10 bits per heavy atom. The van der Waals surface area contributed by atoms with Crippen LogP contribution in [0, 0.1) is 10.1 Å². The van der Waals surface area contributed by atoms with Crippen LogP contribution in [-0.2, 0) is 4.74 Å². The van der Waals surface area contributed by atoms with Gasteiger partial charge in [-0.15, -0.1) is 0 Å². The lowest BCUT2D eigenvalue weighted by atomic mass is 10.2. The maximum absolute atomic E-state index is 12.0. The van der Waals surface area contributed by atoms with Crippen molar-refractivity contribution < 1.29 is 14.5 Å². The number of benzene rings is 1. The first-order valence-corrected chi connectivity index (χ1v) is 6.53. The van der Waals surface area contributed by atoms with Gasteiger partial charge in [-0.25, -0.2) is 4.79 Å². The first-order chi connectivity index (χ1) is 9.19. The third-order valence-electron chi connectivity index (χ3n) is 2.40. The van der Waals surface area contributed by atoms with E-state index in [0.717, 1.165) is 4.68 Å². The molecule has 1 heterocycles. The van der Waals surface area contributed by atoms with Crippen molar-refractivity contribution in [2.75, 3.05) is 0 Å². The minimum Gasteiger partial charge on any atom is -0.442 e. The van der Waals surface area contributed by atoms with Crippen molar-refractivity contribution in [1.82, 2.24) is 9.78 Å². The summed E-state index contributed by atoms with van der Waals surface area (Å²) < 4.78 is 6.55. The number of carbonyl (C=O) groups is 1. The van der Waals surface area contributed by atoms with Gasteiger partial charge >= 0.3 is 6.09 Å². The van der Waals surface area contributed by atoms with E-state index in [0.29, 0.717) is 15.4 Å². The molecule has 0 radical (unpaired) electrons. The van der Waals surface area contributed by atoms with Crippen LogP contribution in [0.2, 0.25) is 0 Å². The summed E-state index contributed by atoms with van der Waals surface area (Å²) in [6.45, 7) is 5.20. The molecule has 20 heavy (non-hydrogen) atoms. The summed E-state index contributed by atoms with van der Waals surface area (Å²) in [6, 6.07) is 2.83. The lowest BCUT2D eigenvalue weighted by Gasteiger charge is -2.19. The van der Waals surface area contributed by atoms with Crippen molar-refractivity contribution in [3.63, 3.8) is 0 Å². The number of carbonyl (C=O) groups excluding carboxylic acids is 1. The predicted molar refractivity (Wildman–Crippen MR) is 75.7 cm³/mol. The second-order valence-corrected chi connectivity index (χ2v) is 6.01. The van der Waals surface area contributed by atoms with Gasteiger partial charge in [-0.2, -0.15) is 9.78 Å². The number of fused-ring (bicyclic) bond motifs is 1. The molecule has 0 saturated heterocycles. The summed E-state index contributed by atoms with van der Waals surface area (Å²) in [5.41, 5.74) is -0.478. The van der Waals surface area contributed by atoms with E-state index < -0.39 is 16.6 Å². The number of nitro groups is 1. The molecule has 2 rings (SSSR count). The van der Waals surface area contributed by atoms with E-state index in [2.05, 4.69) is 21.0 Å². The van der Waals surface area contributed by atoms with Gasteiger partial charge in [0.15, 0.2) is 0 Å². The Bertz CT molecular complexity index is 703. The van der Waals surface area contributed by atoms with Crippen molar-refractivity contribution >= 4 is 38.6 Å². The molecule has 0 bridgehead atoms. The molecule has 1 aromatic carbocycles. The Labute approximate surface area is 122 Å². The highest BCUT2D eigenvalue weighted by molar-refractivity contribution is 9.10. The monoisotopic (exact) mass is 341 g/mol. The number of nitro benzene ring substituents is 1. The van der Waals surface area contributed by atoms with Gasteiger partial charge in [0.05, 0.1) is 21.1 Å². The highest BCUT2D eigenvalue weighted by Gasteiger charge is 2.22. The third kappa shape index (κ3) is 2.79. The predicted octanol–water partition coefficient (Wildman–Crippen LogP) is 3.49. The first kappa shape index (κ1) is 14.4. The third-order valence-corrected chi connectivity index (χ3v) is 3.03. The normalized spacial score (nSPS) is 11.6. The molecular formula is C12H12BrN3O4. The molecule has 0 unspecified atom stereocenters. The van der Waals surface area contributed by atoms with Crippen molar-refractivity contribution in [3.8, 4) is 0 Å². The maximum atomic E-state index is 12.0. The second kappa shape index (κ2) is 4.86. The SMILES string of the molecule is CC(C)(C)OC(=O)n1ncc2cc(Br)c([N+](=O)[O-])cc21. The molecule has 1 aromatic heterocycles. The number of rotatable bonds is 1. The minimum atomic E-state index is -0.677. The molecule has 106 valence electrons. The molecule has 0 aliphatic rings. The molecule has 0 saturated carbocycles. The largest absolute Gasteiger partial charge is 0.442 e. The Balaban J connectivity index is 2.53. The highest BCUT2D eigenvalue weighted by Crippen LogP contribution is 2.30. The first-order valence-electron chi connectivity index (χ1n) is 5.74. The number of aromatic nitrogens is 2. The van der Waals surface area contributed by atoms with Gasteiger partial charge in [0, 0.05) is 11.5 Å². The fraction of sp³-hybridized carbons (Fsp3) is 0.333. The van der Waals surface area contributed by atoms with Gasteiger partial charge in [0.25, 0.3) is 5.69 Å². The zero-order valence-corrected chi connectivity index (χ0v) is 12.7. The molecule has 2 aromatic rings. The second-order valence-electron chi connectivity index (χ2n) is 5.16. The fourth-order valence-electron chi connectivity index (χ4n) is 1.63. The lowest BCUT2D eigenvalue weighted by molar-refractivity contribution is -0.385. The van der Waals surface area contributed by atoms with Crippen LogP contribution in [-0.4, -0.2) is 26.4 Å². The van der Waals surface area contributed by atoms with Crippen molar-refractivity contribution in [1.29, 1.82) is 0 Å². The molecule has 0 aliphatic carbocycles. The van der Waals surface area contributed by atoms with Gasteiger partial charge in [-0.05, 0) is 42.8 Å². The van der Waals surface area contributed by atoms with Crippen LogP contribution in [0.15, 0.2) is 22.8 Å². The van der Waals surface area contributed by atoms with Crippen LogP contribution in [0.5, 0.6) is 0 Å². The van der Waals surface area contributed by atoms with Crippen molar-refractivity contribution in [2.45, 2.75) is 26.4 Å². The van der Waals surface area contributed by atoms with Crippen molar-refractivity contribution in [3.05, 3.63) is 32.9 Å². The van der Waals surface area contributed by atoms with Gasteiger partial charge in [-0.3, -0.25) is 10.1 Å². The summed E-state index contributed by atoms with van der Waals surface area (Å²) in [5, 5.41) is 15.5. The van der Waals surface area contributed by atoms with E-state index in [4.69, 9.17) is 4.74 Å². The fourth-order valence-corrected chi connectivity index (χ4v) is 2.13. The van der Waals surface area contributed by atoms with Crippen LogP contribution >= 0.6 is 15.9 Å². The van der Waals surface area contributed by atoms with E-state index in [-0.39, 0.29) is 5.69 Å².